The first kappa shape index (κ1) is 19.2. The number of aromatic nitrogens is 1. The molecule has 1 aliphatic carbocycles. The molecule has 4 nitrogen and oxygen atoms in total. The van der Waals surface area contributed by atoms with Gasteiger partial charge in [0.25, 0.3) is 0 Å². The van der Waals surface area contributed by atoms with E-state index in [1.807, 2.05) is 54.6 Å². The van der Waals surface area contributed by atoms with Crippen LogP contribution in [0, 0.1) is 5.41 Å². The van der Waals surface area contributed by atoms with Crippen LogP contribution in [-0.4, -0.2) is 25.0 Å². The Labute approximate surface area is 171 Å². The van der Waals surface area contributed by atoms with E-state index in [9.17, 15) is 4.79 Å². The summed E-state index contributed by atoms with van der Waals surface area (Å²) >= 11 is 0. The van der Waals surface area contributed by atoms with Crippen molar-refractivity contribution < 1.29 is 14.3 Å². The molecule has 0 fully saturated rings. The van der Waals surface area contributed by atoms with Crippen molar-refractivity contribution in [1.82, 2.24) is 4.98 Å². The van der Waals surface area contributed by atoms with Crippen molar-refractivity contribution in [3.8, 4) is 33.9 Å². The van der Waals surface area contributed by atoms with E-state index in [4.69, 9.17) is 14.5 Å². The Morgan fingerprint density at radius 1 is 0.793 bits per heavy atom. The van der Waals surface area contributed by atoms with Crippen LogP contribution in [0.1, 0.15) is 36.3 Å². The van der Waals surface area contributed by atoms with Crippen LogP contribution in [-0.2, 0) is 6.42 Å². The molecule has 0 saturated heterocycles. The van der Waals surface area contributed by atoms with Crippen LogP contribution < -0.4 is 9.47 Å². The molecular weight excluding hydrogens is 362 g/mol. The number of Topliss-reactive ketones (excluding diaryl/α,β-unsaturated/α-hetero) is 1. The number of nitrogens with zero attached hydrogens (tertiary/aromatic N) is 1. The van der Waals surface area contributed by atoms with Crippen molar-refractivity contribution in [3.63, 3.8) is 0 Å². The fourth-order valence-corrected chi connectivity index (χ4v) is 3.93. The molecule has 0 aliphatic heterocycles. The van der Waals surface area contributed by atoms with Crippen LogP contribution in [0.3, 0.4) is 0 Å². The van der Waals surface area contributed by atoms with E-state index in [1.165, 1.54) is 0 Å². The van der Waals surface area contributed by atoms with Gasteiger partial charge in [-0.25, -0.2) is 0 Å². The summed E-state index contributed by atoms with van der Waals surface area (Å²) in [6.07, 6.45) is 1.34. The Hall–Kier alpha value is -3.14. The largest absolute Gasteiger partial charge is 0.497 e. The van der Waals surface area contributed by atoms with Crippen molar-refractivity contribution in [3.05, 3.63) is 65.9 Å². The molecule has 4 rings (SSSR count). The number of benzene rings is 2. The fraction of sp³-hybridized carbons (Fsp3) is 0.280. The van der Waals surface area contributed by atoms with Crippen molar-refractivity contribution in [2.75, 3.05) is 14.2 Å². The molecule has 0 unspecified atom stereocenters. The average Bonchev–Trinajstić information content (AvgIpc) is 2.72. The minimum absolute atomic E-state index is 0.0735. The molecule has 0 bridgehead atoms. The van der Waals surface area contributed by atoms with Gasteiger partial charge in [0, 0.05) is 23.1 Å². The minimum Gasteiger partial charge on any atom is -0.497 e. The van der Waals surface area contributed by atoms with Gasteiger partial charge in [-0.05, 0) is 59.9 Å². The fourth-order valence-electron chi connectivity index (χ4n) is 3.93. The van der Waals surface area contributed by atoms with Gasteiger partial charge in [-0.3, -0.25) is 9.78 Å². The second kappa shape index (κ2) is 7.36. The number of carbonyl (C=O) groups is 1. The molecule has 1 aromatic heterocycles. The third kappa shape index (κ3) is 3.75. The van der Waals surface area contributed by atoms with E-state index in [0.717, 1.165) is 51.6 Å². The van der Waals surface area contributed by atoms with Gasteiger partial charge in [0.05, 0.1) is 25.6 Å². The Balaban J connectivity index is 1.91. The maximum atomic E-state index is 12.8. The van der Waals surface area contributed by atoms with E-state index in [-0.39, 0.29) is 11.2 Å². The molecule has 2 aromatic carbocycles. The smallest absolute Gasteiger partial charge is 0.165 e. The maximum absolute atomic E-state index is 12.8. The van der Waals surface area contributed by atoms with Gasteiger partial charge in [0.15, 0.2) is 5.78 Å². The zero-order chi connectivity index (χ0) is 20.6. The van der Waals surface area contributed by atoms with Gasteiger partial charge in [0.1, 0.15) is 11.5 Å². The van der Waals surface area contributed by atoms with Crippen LogP contribution in [0.25, 0.3) is 22.4 Å². The number of pyridine rings is 1. The standard InChI is InChI=1S/C25H25NO3/c1-25(2)14-22-21(23(27)15-25)13-20(16-5-9-18(28-3)10-6-16)24(26-22)17-7-11-19(29-4)12-8-17/h5-13H,14-15H2,1-4H3. The van der Waals surface area contributed by atoms with Crippen molar-refractivity contribution in [2.24, 2.45) is 5.41 Å². The van der Waals surface area contributed by atoms with Crippen LogP contribution in [0.4, 0.5) is 0 Å². The summed E-state index contributed by atoms with van der Waals surface area (Å²) in [4.78, 5) is 17.9. The molecule has 0 saturated carbocycles. The summed E-state index contributed by atoms with van der Waals surface area (Å²) in [6, 6.07) is 17.8. The molecule has 1 aliphatic rings. The Morgan fingerprint density at radius 3 is 1.90 bits per heavy atom. The lowest BCUT2D eigenvalue weighted by molar-refractivity contribution is 0.0910. The molecular formula is C25H25NO3. The first-order valence-corrected chi connectivity index (χ1v) is 9.76. The highest BCUT2D eigenvalue weighted by Crippen LogP contribution is 2.39. The minimum atomic E-state index is -0.0735. The first-order valence-electron chi connectivity index (χ1n) is 9.76. The summed E-state index contributed by atoms with van der Waals surface area (Å²) in [5.41, 5.74) is 5.38. The molecule has 0 atom stereocenters. The lowest BCUT2D eigenvalue weighted by Gasteiger charge is -2.30. The quantitative estimate of drug-likeness (QED) is 0.586. The molecule has 148 valence electrons. The number of carbonyl (C=O) groups excluding carboxylic acids is 1. The van der Waals surface area contributed by atoms with Gasteiger partial charge >= 0.3 is 0 Å². The number of rotatable bonds is 4. The summed E-state index contributed by atoms with van der Waals surface area (Å²) in [6.45, 7) is 4.25. The average molecular weight is 387 g/mol. The molecule has 1 heterocycles. The number of fused-ring (bicyclic) bond motifs is 1. The van der Waals surface area contributed by atoms with E-state index in [1.54, 1.807) is 14.2 Å². The highest BCUT2D eigenvalue weighted by molar-refractivity contribution is 6.01. The Kier molecular flexibility index (Phi) is 4.87. The lowest BCUT2D eigenvalue weighted by atomic mass is 9.75. The van der Waals surface area contributed by atoms with Gasteiger partial charge in [-0.1, -0.05) is 26.0 Å². The predicted molar refractivity (Wildman–Crippen MR) is 115 cm³/mol. The number of hydrogen-bond donors (Lipinski definition) is 0. The van der Waals surface area contributed by atoms with Crippen molar-refractivity contribution >= 4 is 5.78 Å². The Morgan fingerprint density at radius 2 is 1.34 bits per heavy atom. The second-order valence-corrected chi connectivity index (χ2v) is 8.28. The Bertz CT molecular complexity index is 1050. The zero-order valence-corrected chi connectivity index (χ0v) is 17.3. The molecule has 0 amide bonds. The summed E-state index contributed by atoms with van der Waals surface area (Å²) in [5.74, 6) is 1.76. The monoisotopic (exact) mass is 387 g/mol. The van der Waals surface area contributed by atoms with Crippen LogP contribution in [0.2, 0.25) is 0 Å². The number of methoxy groups -OCH3 is 2. The zero-order valence-electron chi connectivity index (χ0n) is 17.3. The predicted octanol–water partition coefficient (Wildman–Crippen LogP) is 5.59. The second-order valence-electron chi connectivity index (χ2n) is 8.28. The van der Waals surface area contributed by atoms with Crippen molar-refractivity contribution in [1.29, 1.82) is 0 Å². The van der Waals surface area contributed by atoms with Crippen molar-refractivity contribution in [2.45, 2.75) is 26.7 Å². The summed E-state index contributed by atoms with van der Waals surface area (Å²) < 4.78 is 10.6. The van der Waals surface area contributed by atoms with Crippen LogP contribution >= 0.6 is 0 Å². The van der Waals surface area contributed by atoms with E-state index < -0.39 is 0 Å². The van der Waals surface area contributed by atoms with Crippen LogP contribution in [0.15, 0.2) is 54.6 Å². The summed E-state index contributed by atoms with van der Waals surface area (Å²) in [7, 11) is 3.31. The lowest BCUT2D eigenvalue weighted by Crippen LogP contribution is -2.28. The third-order valence-corrected chi connectivity index (χ3v) is 5.45. The highest BCUT2D eigenvalue weighted by atomic mass is 16.5. The third-order valence-electron chi connectivity index (χ3n) is 5.45. The molecule has 29 heavy (non-hydrogen) atoms. The van der Waals surface area contributed by atoms with Crippen LogP contribution in [0.5, 0.6) is 11.5 Å². The van der Waals surface area contributed by atoms with E-state index >= 15 is 0 Å². The molecule has 3 aromatic rings. The molecule has 0 radical (unpaired) electrons. The number of ketones is 1. The normalized spacial score (nSPS) is 15.0. The van der Waals surface area contributed by atoms with Gasteiger partial charge < -0.3 is 9.47 Å². The van der Waals surface area contributed by atoms with E-state index in [2.05, 4.69) is 13.8 Å². The molecule has 4 heteroatoms. The first-order chi connectivity index (χ1) is 13.9. The molecule has 0 N–H and O–H groups in total. The SMILES string of the molecule is COc1ccc(-c2cc3c(nc2-c2ccc(OC)cc2)CC(C)(C)CC3=O)cc1. The van der Waals surface area contributed by atoms with E-state index in [0.29, 0.717) is 6.42 Å². The molecule has 0 spiro atoms. The van der Waals surface area contributed by atoms with Gasteiger partial charge in [0.2, 0.25) is 0 Å². The number of ether oxygens (including phenoxy) is 2. The summed E-state index contributed by atoms with van der Waals surface area (Å²) in [5, 5.41) is 0. The number of hydrogen-bond acceptors (Lipinski definition) is 4. The van der Waals surface area contributed by atoms with Gasteiger partial charge in [-0.15, -0.1) is 0 Å². The maximum Gasteiger partial charge on any atom is 0.165 e. The van der Waals surface area contributed by atoms with Gasteiger partial charge in [-0.2, -0.15) is 0 Å². The highest BCUT2D eigenvalue weighted by Gasteiger charge is 2.33. The topological polar surface area (TPSA) is 48.4 Å².